The lowest BCUT2D eigenvalue weighted by Crippen LogP contribution is -2.62. The number of alkyl halides is 3. The third-order valence-corrected chi connectivity index (χ3v) is 3.83. The smallest absolute Gasteiger partial charge is 0.368 e. The van der Waals surface area contributed by atoms with Crippen molar-refractivity contribution < 1.29 is 17.9 Å². The second-order valence-corrected chi connectivity index (χ2v) is 5.02. The fourth-order valence-corrected chi connectivity index (χ4v) is 2.38. The molecule has 0 aromatic heterocycles. The molecule has 0 amide bonds. The SMILES string of the molecule is CCCNC1CC(OCC(F)(F)F)C1(C)CC. The summed E-state index contributed by atoms with van der Waals surface area (Å²) in [6, 6.07) is 0.283. The number of halogens is 3. The number of rotatable bonds is 6. The number of nitrogens with one attached hydrogen (secondary N) is 1. The summed E-state index contributed by atoms with van der Waals surface area (Å²) in [5, 5.41) is 3.38. The van der Waals surface area contributed by atoms with Crippen LogP contribution in [-0.4, -0.2) is 31.5 Å². The maximum atomic E-state index is 12.1. The first-order valence-electron chi connectivity index (χ1n) is 6.25. The molecule has 0 radical (unpaired) electrons. The van der Waals surface area contributed by atoms with Crippen molar-refractivity contribution in [1.29, 1.82) is 0 Å². The van der Waals surface area contributed by atoms with Crippen LogP contribution in [0, 0.1) is 5.41 Å². The van der Waals surface area contributed by atoms with E-state index in [1.54, 1.807) is 0 Å². The van der Waals surface area contributed by atoms with E-state index in [2.05, 4.69) is 12.2 Å². The first-order valence-corrected chi connectivity index (χ1v) is 6.25. The van der Waals surface area contributed by atoms with Crippen LogP contribution in [0.25, 0.3) is 0 Å². The summed E-state index contributed by atoms with van der Waals surface area (Å²) in [6.07, 6.45) is -1.96. The Labute approximate surface area is 101 Å². The summed E-state index contributed by atoms with van der Waals surface area (Å²) in [4.78, 5) is 0. The van der Waals surface area contributed by atoms with E-state index < -0.39 is 12.8 Å². The summed E-state index contributed by atoms with van der Waals surface area (Å²) in [5.41, 5.74) is -0.166. The average molecular weight is 253 g/mol. The Bertz CT molecular complexity index is 244. The number of ether oxygens (including phenoxy) is 1. The fourth-order valence-electron chi connectivity index (χ4n) is 2.38. The van der Waals surface area contributed by atoms with Crippen molar-refractivity contribution in [2.45, 2.75) is 58.4 Å². The second kappa shape index (κ2) is 5.57. The van der Waals surface area contributed by atoms with Crippen molar-refractivity contribution in [2.24, 2.45) is 5.41 Å². The first kappa shape index (κ1) is 14.8. The van der Waals surface area contributed by atoms with Crippen LogP contribution in [0.3, 0.4) is 0 Å². The van der Waals surface area contributed by atoms with Crippen LogP contribution < -0.4 is 5.32 Å². The minimum atomic E-state index is -4.23. The predicted octanol–water partition coefficient (Wildman–Crippen LogP) is 3.12. The van der Waals surface area contributed by atoms with Gasteiger partial charge in [-0.3, -0.25) is 0 Å². The van der Waals surface area contributed by atoms with E-state index >= 15 is 0 Å². The Kier molecular flexibility index (Phi) is 4.84. The molecule has 1 aliphatic rings. The molecule has 1 aliphatic carbocycles. The third kappa shape index (κ3) is 3.58. The van der Waals surface area contributed by atoms with Crippen LogP contribution in [0.15, 0.2) is 0 Å². The standard InChI is InChI=1S/C12H22F3NO/c1-4-6-16-9-7-10(11(9,3)5-2)17-8-12(13,14)15/h9-10,16H,4-8H2,1-3H3. The van der Waals surface area contributed by atoms with E-state index in [4.69, 9.17) is 4.74 Å². The molecular formula is C12H22F3NO. The molecule has 3 atom stereocenters. The van der Waals surface area contributed by atoms with Gasteiger partial charge in [0.2, 0.25) is 0 Å². The molecule has 0 saturated heterocycles. The van der Waals surface area contributed by atoms with Gasteiger partial charge in [-0.05, 0) is 25.8 Å². The summed E-state index contributed by atoms with van der Waals surface area (Å²) in [5.74, 6) is 0. The maximum absolute atomic E-state index is 12.1. The Balaban J connectivity index is 2.43. The van der Waals surface area contributed by atoms with Crippen LogP contribution in [0.1, 0.15) is 40.0 Å². The zero-order valence-corrected chi connectivity index (χ0v) is 10.7. The Morgan fingerprint density at radius 1 is 1.35 bits per heavy atom. The highest BCUT2D eigenvalue weighted by molar-refractivity contribution is 5.04. The molecule has 1 rings (SSSR count). The van der Waals surface area contributed by atoms with Gasteiger partial charge in [-0.1, -0.05) is 20.8 Å². The van der Waals surface area contributed by atoms with Gasteiger partial charge in [0.15, 0.2) is 0 Å². The molecular weight excluding hydrogens is 231 g/mol. The van der Waals surface area contributed by atoms with Gasteiger partial charge < -0.3 is 10.1 Å². The summed E-state index contributed by atoms with van der Waals surface area (Å²) >= 11 is 0. The van der Waals surface area contributed by atoms with Gasteiger partial charge in [0.05, 0.1) is 6.10 Å². The highest BCUT2D eigenvalue weighted by Crippen LogP contribution is 2.46. The van der Waals surface area contributed by atoms with Gasteiger partial charge in [0.25, 0.3) is 0 Å². The molecule has 0 aromatic rings. The van der Waals surface area contributed by atoms with Crippen molar-refractivity contribution in [3.05, 3.63) is 0 Å². The normalized spacial score (nSPS) is 33.5. The fraction of sp³-hybridized carbons (Fsp3) is 1.00. The lowest BCUT2D eigenvalue weighted by atomic mass is 9.61. The second-order valence-electron chi connectivity index (χ2n) is 5.02. The van der Waals surface area contributed by atoms with Crippen molar-refractivity contribution in [3.63, 3.8) is 0 Å². The molecule has 1 saturated carbocycles. The van der Waals surface area contributed by atoms with Crippen LogP contribution >= 0.6 is 0 Å². The van der Waals surface area contributed by atoms with Gasteiger partial charge >= 0.3 is 6.18 Å². The van der Waals surface area contributed by atoms with Crippen LogP contribution in [0.2, 0.25) is 0 Å². The zero-order chi connectivity index (χ0) is 13.1. The van der Waals surface area contributed by atoms with Gasteiger partial charge in [0, 0.05) is 11.5 Å². The molecule has 0 heterocycles. The van der Waals surface area contributed by atoms with Gasteiger partial charge in [-0.25, -0.2) is 0 Å². The van der Waals surface area contributed by atoms with Crippen LogP contribution in [-0.2, 0) is 4.74 Å². The van der Waals surface area contributed by atoms with E-state index in [0.29, 0.717) is 6.42 Å². The highest BCUT2D eigenvalue weighted by atomic mass is 19.4. The first-order chi connectivity index (χ1) is 7.83. The molecule has 1 N–H and O–H groups in total. The average Bonchev–Trinajstić information content (AvgIpc) is 2.24. The molecule has 0 bridgehead atoms. The van der Waals surface area contributed by atoms with E-state index in [1.165, 1.54) is 0 Å². The Morgan fingerprint density at radius 2 is 2.00 bits per heavy atom. The van der Waals surface area contributed by atoms with Crippen molar-refractivity contribution >= 4 is 0 Å². The summed E-state index contributed by atoms with van der Waals surface area (Å²) < 4.78 is 41.3. The Hall–Kier alpha value is -0.290. The topological polar surface area (TPSA) is 21.3 Å². The zero-order valence-electron chi connectivity index (χ0n) is 10.7. The lowest BCUT2D eigenvalue weighted by molar-refractivity contribution is -0.220. The molecule has 0 aromatic carbocycles. The number of hydrogen-bond acceptors (Lipinski definition) is 2. The molecule has 1 fully saturated rings. The van der Waals surface area contributed by atoms with E-state index in [-0.39, 0.29) is 17.6 Å². The molecule has 0 aliphatic heterocycles. The van der Waals surface area contributed by atoms with E-state index in [0.717, 1.165) is 19.4 Å². The van der Waals surface area contributed by atoms with Crippen LogP contribution in [0.5, 0.6) is 0 Å². The minimum Gasteiger partial charge on any atom is -0.368 e. The highest BCUT2D eigenvalue weighted by Gasteiger charge is 2.51. The number of hydrogen-bond donors (Lipinski definition) is 1. The molecule has 102 valence electrons. The molecule has 2 nitrogen and oxygen atoms in total. The summed E-state index contributed by atoms with van der Waals surface area (Å²) in [7, 11) is 0. The third-order valence-electron chi connectivity index (χ3n) is 3.83. The molecule has 3 unspecified atom stereocenters. The monoisotopic (exact) mass is 253 g/mol. The largest absolute Gasteiger partial charge is 0.411 e. The van der Waals surface area contributed by atoms with Gasteiger partial charge in [-0.2, -0.15) is 13.2 Å². The van der Waals surface area contributed by atoms with Crippen molar-refractivity contribution in [3.8, 4) is 0 Å². The van der Waals surface area contributed by atoms with E-state index in [1.807, 2.05) is 13.8 Å². The quantitative estimate of drug-likeness (QED) is 0.785. The molecule has 5 heteroatoms. The van der Waals surface area contributed by atoms with Gasteiger partial charge in [-0.15, -0.1) is 0 Å². The van der Waals surface area contributed by atoms with E-state index in [9.17, 15) is 13.2 Å². The maximum Gasteiger partial charge on any atom is 0.411 e. The lowest BCUT2D eigenvalue weighted by Gasteiger charge is -2.54. The molecule has 0 spiro atoms. The minimum absolute atomic E-state index is 0.166. The van der Waals surface area contributed by atoms with Crippen molar-refractivity contribution in [1.82, 2.24) is 5.32 Å². The predicted molar refractivity (Wildman–Crippen MR) is 60.9 cm³/mol. The van der Waals surface area contributed by atoms with Crippen molar-refractivity contribution in [2.75, 3.05) is 13.2 Å². The summed E-state index contributed by atoms with van der Waals surface area (Å²) in [6.45, 7) is 5.86. The van der Waals surface area contributed by atoms with Crippen LogP contribution in [0.4, 0.5) is 13.2 Å². The molecule has 17 heavy (non-hydrogen) atoms. The Morgan fingerprint density at radius 3 is 2.47 bits per heavy atom. The van der Waals surface area contributed by atoms with Gasteiger partial charge in [0.1, 0.15) is 6.61 Å².